The van der Waals surface area contributed by atoms with E-state index in [1.807, 2.05) is 0 Å². The first-order valence-corrected chi connectivity index (χ1v) is 5.92. The Bertz CT molecular complexity index is 349. The van der Waals surface area contributed by atoms with Crippen molar-refractivity contribution in [3.8, 4) is 0 Å². The van der Waals surface area contributed by atoms with Crippen molar-refractivity contribution >= 4 is 11.9 Å². The molecule has 1 heterocycles. The van der Waals surface area contributed by atoms with Crippen LogP contribution in [0.25, 0.3) is 0 Å². The van der Waals surface area contributed by atoms with Crippen LogP contribution in [-0.2, 0) is 9.59 Å². The molecule has 0 aromatic rings. The summed E-state index contributed by atoms with van der Waals surface area (Å²) in [5, 5.41) is 21.2. The minimum atomic E-state index is -5.08. The zero-order valence-corrected chi connectivity index (χ0v) is 11.0. The van der Waals surface area contributed by atoms with Crippen molar-refractivity contribution < 1.29 is 46.1 Å². The number of rotatable bonds is 0. The van der Waals surface area contributed by atoms with Crippen LogP contribution in [0.3, 0.4) is 0 Å². The van der Waals surface area contributed by atoms with Crippen LogP contribution in [0.15, 0.2) is 0 Å². The summed E-state index contributed by atoms with van der Waals surface area (Å²) < 4.78 is 63.5. The molecule has 1 saturated carbocycles. The molecule has 0 aromatic heterocycles. The van der Waals surface area contributed by atoms with Gasteiger partial charge in [-0.3, -0.25) is 0 Å². The van der Waals surface area contributed by atoms with Crippen LogP contribution in [-0.4, -0.2) is 59.7 Å². The van der Waals surface area contributed by atoms with E-state index in [0.29, 0.717) is 0 Å². The highest BCUT2D eigenvalue weighted by atomic mass is 19.4. The molecule has 2 aliphatic rings. The van der Waals surface area contributed by atoms with Crippen LogP contribution in [0.4, 0.5) is 26.3 Å². The Hall–Kier alpha value is -1.56. The fraction of sp³-hybridized carbons (Fsp3) is 0.800. The zero-order chi connectivity index (χ0) is 17.6. The van der Waals surface area contributed by atoms with Gasteiger partial charge in [-0.1, -0.05) is 0 Å². The lowest BCUT2D eigenvalue weighted by Crippen LogP contribution is -2.61. The first-order valence-electron chi connectivity index (χ1n) is 5.92. The maximum atomic E-state index is 10.6. The molecule has 2 atom stereocenters. The molecule has 2 rings (SSSR count). The fourth-order valence-electron chi connectivity index (χ4n) is 1.50. The van der Waals surface area contributed by atoms with E-state index in [2.05, 4.69) is 10.6 Å². The molecule has 0 radical (unpaired) electrons. The second-order valence-electron chi connectivity index (χ2n) is 4.30. The SMILES string of the molecule is C1CNC2CCC2N1.O=C(O)C(F)(F)F.O=C(O)C(F)(F)F. The molecule has 6 nitrogen and oxygen atoms in total. The second kappa shape index (κ2) is 8.17. The van der Waals surface area contributed by atoms with Crippen LogP contribution in [0.1, 0.15) is 12.8 Å². The third-order valence-corrected chi connectivity index (χ3v) is 2.70. The Morgan fingerprint density at radius 3 is 1.09 bits per heavy atom. The smallest absolute Gasteiger partial charge is 0.475 e. The summed E-state index contributed by atoms with van der Waals surface area (Å²) in [6.45, 7) is 2.34. The van der Waals surface area contributed by atoms with E-state index >= 15 is 0 Å². The Balaban J connectivity index is 0.000000303. The Morgan fingerprint density at radius 1 is 0.773 bits per heavy atom. The van der Waals surface area contributed by atoms with Gasteiger partial charge in [0.1, 0.15) is 0 Å². The largest absolute Gasteiger partial charge is 0.490 e. The van der Waals surface area contributed by atoms with Gasteiger partial charge in [-0.25, -0.2) is 9.59 Å². The molecule has 0 bridgehead atoms. The minimum Gasteiger partial charge on any atom is -0.475 e. The van der Waals surface area contributed by atoms with Crippen molar-refractivity contribution in [2.45, 2.75) is 37.3 Å². The number of carboxylic acids is 2. The lowest BCUT2D eigenvalue weighted by molar-refractivity contribution is -0.193. The minimum absolute atomic E-state index is 0.823. The van der Waals surface area contributed by atoms with Gasteiger partial charge in [0, 0.05) is 25.2 Å². The molecule has 1 saturated heterocycles. The molecule has 12 heteroatoms. The monoisotopic (exact) mass is 340 g/mol. The molecule has 130 valence electrons. The lowest BCUT2D eigenvalue weighted by atomic mass is 9.85. The van der Waals surface area contributed by atoms with Gasteiger partial charge >= 0.3 is 24.3 Å². The van der Waals surface area contributed by atoms with Gasteiger partial charge in [0.25, 0.3) is 0 Å². The number of halogens is 6. The third-order valence-electron chi connectivity index (χ3n) is 2.70. The topological polar surface area (TPSA) is 98.7 Å². The van der Waals surface area contributed by atoms with E-state index in [1.54, 1.807) is 0 Å². The highest BCUT2D eigenvalue weighted by molar-refractivity contribution is 5.73. The quantitative estimate of drug-likeness (QED) is 0.491. The summed E-state index contributed by atoms with van der Waals surface area (Å²) in [5.41, 5.74) is 0. The van der Waals surface area contributed by atoms with Gasteiger partial charge in [0.15, 0.2) is 0 Å². The number of carboxylic acid groups (broad SMARTS) is 2. The summed E-state index contributed by atoms with van der Waals surface area (Å²) in [7, 11) is 0. The molecule has 22 heavy (non-hydrogen) atoms. The van der Waals surface area contributed by atoms with Crippen molar-refractivity contribution in [2.75, 3.05) is 13.1 Å². The number of nitrogens with one attached hydrogen (secondary N) is 2. The van der Waals surface area contributed by atoms with E-state index in [4.69, 9.17) is 19.8 Å². The normalized spacial score (nSPS) is 23.5. The van der Waals surface area contributed by atoms with Gasteiger partial charge < -0.3 is 20.8 Å². The van der Waals surface area contributed by atoms with Crippen molar-refractivity contribution in [2.24, 2.45) is 0 Å². The van der Waals surface area contributed by atoms with Crippen molar-refractivity contribution in [1.82, 2.24) is 10.6 Å². The van der Waals surface area contributed by atoms with Gasteiger partial charge in [0.2, 0.25) is 0 Å². The molecular weight excluding hydrogens is 326 g/mol. The second-order valence-corrected chi connectivity index (χ2v) is 4.30. The Kier molecular flexibility index (Phi) is 7.59. The van der Waals surface area contributed by atoms with Crippen LogP contribution in [0.5, 0.6) is 0 Å². The van der Waals surface area contributed by atoms with E-state index in [1.165, 1.54) is 25.9 Å². The first-order chi connectivity index (χ1) is 9.85. The number of carbonyl (C=O) groups is 2. The number of fused-ring (bicyclic) bond motifs is 1. The molecule has 0 aromatic carbocycles. The molecule has 1 aliphatic heterocycles. The van der Waals surface area contributed by atoms with Gasteiger partial charge in [0.05, 0.1) is 0 Å². The maximum Gasteiger partial charge on any atom is 0.490 e. The predicted octanol–water partition coefficient (Wildman–Crippen LogP) is 0.977. The van der Waals surface area contributed by atoms with Gasteiger partial charge in [-0.2, -0.15) is 26.3 Å². The van der Waals surface area contributed by atoms with Gasteiger partial charge in [-0.15, -0.1) is 0 Å². The average molecular weight is 340 g/mol. The van der Waals surface area contributed by atoms with E-state index in [0.717, 1.165) is 12.1 Å². The lowest BCUT2D eigenvalue weighted by Gasteiger charge is -2.41. The number of alkyl halides is 6. The summed E-state index contributed by atoms with van der Waals surface area (Å²) in [6, 6.07) is 1.65. The third kappa shape index (κ3) is 8.02. The van der Waals surface area contributed by atoms with Crippen LogP contribution in [0, 0.1) is 0 Å². The summed E-state index contributed by atoms with van der Waals surface area (Å²) >= 11 is 0. The van der Waals surface area contributed by atoms with Crippen LogP contribution in [0.2, 0.25) is 0 Å². The highest BCUT2D eigenvalue weighted by Crippen LogP contribution is 2.20. The van der Waals surface area contributed by atoms with Crippen LogP contribution < -0.4 is 10.6 Å². The fourth-order valence-corrected chi connectivity index (χ4v) is 1.50. The molecule has 0 spiro atoms. The Morgan fingerprint density at radius 2 is 1.00 bits per heavy atom. The number of hydrogen-bond donors (Lipinski definition) is 4. The average Bonchev–Trinajstić information content (AvgIpc) is 2.30. The maximum absolute atomic E-state index is 10.6. The predicted molar refractivity (Wildman–Crippen MR) is 60.2 cm³/mol. The van der Waals surface area contributed by atoms with Crippen LogP contribution >= 0.6 is 0 Å². The van der Waals surface area contributed by atoms with Crippen molar-refractivity contribution in [3.63, 3.8) is 0 Å². The summed E-state index contributed by atoms with van der Waals surface area (Å²) in [4.78, 5) is 17.8. The number of hydrogen-bond acceptors (Lipinski definition) is 4. The molecule has 2 unspecified atom stereocenters. The summed E-state index contributed by atoms with van der Waals surface area (Å²) in [5.74, 6) is -5.51. The zero-order valence-electron chi connectivity index (χ0n) is 11.0. The van der Waals surface area contributed by atoms with E-state index < -0.39 is 24.3 Å². The molecule has 4 N–H and O–H groups in total. The van der Waals surface area contributed by atoms with Crippen molar-refractivity contribution in [3.05, 3.63) is 0 Å². The van der Waals surface area contributed by atoms with Crippen molar-refractivity contribution in [1.29, 1.82) is 0 Å². The molecule has 0 amide bonds. The van der Waals surface area contributed by atoms with Gasteiger partial charge in [-0.05, 0) is 12.8 Å². The van der Waals surface area contributed by atoms with E-state index in [-0.39, 0.29) is 0 Å². The number of aliphatic carboxylic acids is 2. The molecule has 1 aliphatic carbocycles. The highest BCUT2D eigenvalue weighted by Gasteiger charge is 2.38. The van der Waals surface area contributed by atoms with E-state index in [9.17, 15) is 26.3 Å². The number of piperazine rings is 1. The standard InChI is InChI=1S/C6H12N2.2C2HF3O2/c1-2-6-5(1)7-3-4-8-6;2*3-2(4,5)1(6)7/h5-8H,1-4H2;2*(H,6,7). The molecular formula is C10H14F6N2O4. The summed E-state index contributed by atoms with van der Waals surface area (Å²) in [6.07, 6.45) is -7.39. The Labute approximate surface area is 120 Å². The first kappa shape index (κ1) is 20.4. The molecule has 2 fully saturated rings.